The molecule has 0 bridgehead atoms. The molecule has 0 radical (unpaired) electrons. The molecule has 2 aliphatic heterocycles. The van der Waals surface area contributed by atoms with Crippen molar-refractivity contribution in [1.82, 2.24) is 9.80 Å². The summed E-state index contributed by atoms with van der Waals surface area (Å²) in [6.07, 6.45) is 0.470. The molecule has 0 aromatic heterocycles. The highest BCUT2D eigenvalue weighted by molar-refractivity contribution is 9.10. The first-order valence-electron chi connectivity index (χ1n) is 12.8. The molecule has 0 unspecified atom stereocenters. The number of fused-ring (bicyclic) bond motifs is 1. The van der Waals surface area contributed by atoms with Gasteiger partial charge in [-0.1, -0.05) is 52.3 Å². The first-order chi connectivity index (χ1) is 18.4. The van der Waals surface area contributed by atoms with Crippen LogP contribution in [0.5, 0.6) is 0 Å². The van der Waals surface area contributed by atoms with Gasteiger partial charge in [-0.05, 0) is 60.5 Å². The number of piperazine rings is 1. The molecule has 2 heterocycles. The van der Waals surface area contributed by atoms with Crippen LogP contribution in [0.15, 0.2) is 71.2 Å². The highest BCUT2D eigenvalue weighted by atomic mass is 79.9. The van der Waals surface area contributed by atoms with Crippen LogP contribution < -0.4 is 10.6 Å². The fraction of sp³-hybridized carbons (Fsp3) is 0.267. The number of nitrogens with zero attached hydrogens (tertiary/aromatic N) is 2. The lowest BCUT2D eigenvalue weighted by Crippen LogP contribution is -2.43. The summed E-state index contributed by atoms with van der Waals surface area (Å²) in [7, 11) is 2.16. The smallest absolute Gasteiger partial charge is 0.303 e. The van der Waals surface area contributed by atoms with E-state index in [0.717, 1.165) is 65.3 Å². The minimum absolute atomic E-state index is 0.0505. The third kappa shape index (κ3) is 6.15. The van der Waals surface area contributed by atoms with Gasteiger partial charge in [0.1, 0.15) is 0 Å². The van der Waals surface area contributed by atoms with Crippen molar-refractivity contribution >= 4 is 50.5 Å². The number of rotatable bonds is 8. The summed E-state index contributed by atoms with van der Waals surface area (Å²) in [6, 6.07) is 21.9. The summed E-state index contributed by atoms with van der Waals surface area (Å²) in [5.74, 6) is -1.01. The molecule has 3 N–H and O–H groups in total. The number of nitrogens with one attached hydrogen (secondary N) is 2. The van der Waals surface area contributed by atoms with E-state index in [1.807, 2.05) is 42.5 Å². The molecule has 7 nitrogen and oxygen atoms in total. The Labute approximate surface area is 231 Å². The first kappa shape index (κ1) is 26.2. The molecule has 1 saturated heterocycles. The number of aryl methyl sites for hydroxylation is 1. The summed E-state index contributed by atoms with van der Waals surface area (Å²) < 4.78 is 0.888. The average molecular weight is 576 g/mol. The fourth-order valence-corrected chi connectivity index (χ4v) is 5.27. The van der Waals surface area contributed by atoms with Crippen molar-refractivity contribution in [2.75, 3.05) is 43.9 Å². The number of hydrogen-bond donors (Lipinski definition) is 3. The Hall–Kier alpha value is -3.46. The lowest BCUT2D eigenvalue weighted by Gasteiger charge is -2.32. The molecule has 0 atom stereocenters. The van der Waals surface area contributed by atoms with Crippen LogP contribution in [0.25, 0.3) is 11.3 Å². The number of hydrogen-bond acceptors (Lipinski definition) is 5. The number of carboxylic acid groups (broad SMARTS) is 1. The zero-order valence-electron chi connectivity index (χ0n) is 21.3. The molecule has 0 aliphatic carbocycles. The fourth-order valence-electron chi connectivity index (χ4n) is 4.91. The van der Waals surface area contributed by atoms with Gasteiger partial charge in [0.05, 0.1) is 17.0 Å². The Morgan fingerprint density at radius 3 is 2.50 bits per heavy atom. The largest absolute Gasteiger partial charge is 0.481 e. The van der Waals surface area contributed by atoms with Crippen LogP contribution in [-0.2, 0) is 22.6 Å². The van der Waals surface area contributed by atoms with Crippen LogP contribution in [0.3, 0.4) is 0 Å². The lowest BCUT2D eigenvalue weighted by molar-refractivity contribution is -0.137. The van der Waals surface area contributed by atoms with Crippen molar-refractivity contribution in [1.29, 1.82) is 0 Å². The lowest BCUT2D eigenvalue weighted by atomic mass is 9.97. The Kier molecular flexibility index (Phi) is 7.93. The molecule has 3 aromatic carbocycles. The Morgan fingerprint density at radius 1 is 1.00 bits per heavy atom. The summed E-state index contributed by atoms with van der Waals surface area (Å²) in [4.78, 5) is 29.2. The number of halogens is 1. The maximum absolute atomic E-state index is 13.2. The van der Waals surface area contributed by atoms with E-state index in [-0.39, 0.29) is 12.3 Å². The van der Waals surface area contributed by atoms with Gasteiger partial charge < -0.3 is 20.6 Å². The van der Waals surface area contributed by atoms with Crippen molar-refractivity contribution in [2.24, 2.45) is 0 Å². The number of likely N-dealkylation sites (N-methyl/N-ethyl adjacent to an activating group) is 1. The first-order valence-corrected chi connectivity index (χ1v) is 13.6. The second kappa shape index (κ2) is 11.5. The molecule has 5 rings (SSSR count). The highest BCUT2D eigenvalue weighted by Gasteiger charge is 2.28. The summed E-state index contributed by atoms with van der Waals surface area (Å²) >= 11 is 3.49. The second-order valence-corrected chi connectivity index (χ2v) is 10.8. The van der Waals surface area contributed by atoms with Gasteiger partial charge in [0.25, 0.3) is 5.91 Å². The quantitative estimate of drug-likeness (QED) is 0.323. The van der Waals surface area contributed by atoms with E-state index in [1.165, 1.54) is 5.56 Å². The van der Waals surface area contributed by atoms with Crippen molar-refractivity contribution < 1.29 is 14.7 Å². The standard InChI is InChI=1S/C30H31BrN4O3/c1-34-13-15-35(16-14-34)19-21-5-9-24(10-6-21)32-29(22-4-2-3-20(17-22)7-12-27(36)37)28-25-11-8-23(31)18-26(25)33-30(28)38/h2-6,8-11,17-18,32H,7,12-16,19H2,1H3,(H,33,38)(H,36,37)/b29-28-. The number of aliphatic carboxylic acids is 1. The van der Waals surface area contributed by atoms with Gasteiger partial charge in [0.2, 0.25) is 0 Å². The Bertz CT molecular complexity index is 1380. The molecule has 8 heteroatoms. The molecule has 3 aromatic rings. The van der Waals surface area contributed by atoms with Gasteiger partial charge >= 0.3 is 5.97 Å². The molecular formula is C30H31BrN4O3. The number of carbonyl (C=O) groups is 2. The van der Waals surface area contributed by atoms with E-state index in [9.17, 15) is 9.59 Å². The molecule has 196 valence electrons. The summed E-state index contributed by atoms with van der Waals surface area (Å²) in [6.45, 7) is 5.22. The number of carbonyl (C=O) groups excluding carboxylic acids is 1. The van der Waals surface area contributed by atoms with E-state index < -0.39 is 5.97 Å². The number of anilines is 2. The molecule has 1 fully saturated rings. The number of carboxylic acids is 1. The van der Waals surface area contributed by atoms with Gasteiger partial charge in [0.15, 0.2) is 0 Å². The highest BCUT2D eigenvalue weighted by Crippen LogP contribution is 2.39. The summed E-state index contributed by atoms with van der Waals surface area (Å²) in [5.41, 5.74) is 6.68. The van der Waals surface area contributed by atoms with Crippen LogP contribution >= 0.6 is 15.9 Å². The minimum Gasteiger partial charge on any atom is -0.481 e. The number of benzene rings is 3. The van der Waals surface area contributed by atoms with Crippen LogP contribution in [0.4, 0.5) is 11.4 Å². The van der Waals surface area contributed by atoms with Crippen LogP contribution in [0.2, 0.25) is 0 Å². The van der Waals surface area contributed by atoms with Crippen molar-refractivity contribution in [3.63, 3.8) is 0 Å². The molecular weight excluding hydrogens is 544 g/mol. The predicted molar refractivity (Wildman–Crippen MR) is 155 cm³/mol. The molecule has 0 spiro atoms. The molecule has 38 heavy (non-hydrogen) atoms. The van der Waals surface area contributed by atoms with Gasteiger partial charge in [-0.25, -0.2) is 0 Å². The Morgan fingerprint density at radius 2 is 1.76 bits per heavy atom. The number of amides is 1. The SMILES string of the molecule is CN1CCN(Cc2ccc(N/C(=C3\C(=O)Nc4cc(Br)ccc43)c3cccc(CCC(=O)O)c3)cc2)CC1. The van der Waals surface area contributed by atoms with Crippen molar-refractivity contribution in [3.05, 3.63) is 93.5 Å². The molecule has 0 saturated carbocycles. The third-order valence-corrected chi connectivity index (χ3v) is 7.54. The van der Waals surface area contributed by atoms with E-state index in [0.29, 0.717) is 17.7 Å². The normalized spacial score (nSPS) is 17.2. The zero-order valence-corrected chi connectivity index (χ0v) is 22.9. The van der Waals surface area contributed by atoms with Crippen molar-refractivity contribution in [3.8, 4) is 0 Å². The molecule has 1 amide bonds. The van der Waals surface area contributed by atoms with Gasteiger partial charge in [0, 0.05) is 54.9 Å². The average Bonchev–Trinajstić information content (AvgIpc) is 3.23. The van der Waals surface area contributed by atoms with Crippen molar-refractivity contribution in [2.45, 2.75) is 19.4 Å². The third-order valence-electron chi connectivity index (χ3n) is 7.04. The van der Waals surface area contributed by atoms with Crippen LogP contribution in [0, 0.1) is 0 Å². The van der Waals surface area contributed by atoms with E-state index in [2.05, 4.69) is 67.7 Å². The molecule has 2 aliphatic rings. The Balaban J connectivity index is 1.47. The van der Waals surface area contributed by atoms with E-state index >= 15 is 0 Å². The van der Waals surface area contributed by atoms with Gasteiger partial charge in [-0.3, -0.25) is 14.5 Å². The van der Waals surface area contributed by atoms with Crippen LogP contribution in [0.1, 0.15) is 28.7 Å². The second-order valence-electron chi connectivity index (χ2n) is 9.89. The topological polar surface area (TPSA) is 84.9 Å². The maximum atomic E-state index is 13.2. The predicted octanol–water partition coefficient (Wildman–Crippen LogP) is 5.15. The zero-order chi connectivity index (χ0) is 26.6. The van der Waals surface area contributed by atoms with E-state index in [4.69, 9.17) is 5.11 Å². The minimum atomic E-state index is -0.835. The van der Waals surface area contributed by atoms with Gasteiger partial charge in [-0.2, -0.15) is 0 Å². The maximum Gasteiger partial charge on any atom is 0.303 e. The van der Waals surface area contributed by atoms with Gasteiger partial charge in [-0.15, -0.1) is 0 Å². The monoisotopic (exact) mass is 574 g/mol. The summed E-state index contributed by atoms with van der Waals surface area (Å²) in [5, 5.41) is 15.6. The van der Waals surface area contributed by atoms with E-state index in [1.54, 1.807) is 0 Å². The van der Waals surface area contributed by atoms with Crippen LogP contribution in [-0.4, -0.2) is 60.0 Å².